The number of benzene rings is 2. The fourth-order valence-corrected chi connectivity index (χ4v) is 2.76. The van der Waals surface area contributed by atoms with Crippen LogP contribution in [-0.2, 0) is 0 Å². The zero-order chi connectivity index (χ0) is 12.4. The van der Waals surface area contributed by atoms with Gasteiger partial charge < -0.3 is 5.32 Å². The summed E-state index contributed by atoms with van der Waals surface area (Å²) in [6, 6.07) is 18.2. The molecular weight excluding hydrogens is 218 g/mol. The van der Waals surface area contributed by atoms with Crippen molar-refractivity contribution in [2.45, 2.75) is 25.8 Å². The van der Waals surface area contributed by atoms with Gasteiger partial charge in [0.1, 0.15) is 0 Å². The number of hydrogen-bond donors (Lipinski definition) is 1. The van der Waals surface area contributed by atoms with Gasteiger partial charge in [0.15, 0.2) is 0 Å². The molecule has 1 aliphatic heterocycles. The molecule has 0 saturated carbocycles. The first kappa shape index (κ1) is 11.5. The highest BCUT2D eigenvalue weighted by molar-refractivity contribution is 5.67. The molecule has 1 aliphatic rings. The summed E-state index contributed by atoms with van der Waals surface area (Å²) in [7, 11) is 0. The monoisotopic (exact) mass is 237 g/mol. The molecule has 0 aromatic heterocycles. The first-order chi connectivity index (χ1) is 8.84. The van der Waals surface area contributed by atoms with Gasteiger partial charge in [0.05, 0.1) is 0 Å². The number of rotatable bonds is 2. The van der Waals surface area contributed by atoms with E-state index >= 15 is 0 Å². The predicted molar refractivity (Wildman–Crippen MR) is 76.6 cm³/mol. The Kier molecular flexibility index (Phi) is 3.16. The van der Waals surface area contributed by atoms with Gasteiger partial charge in [-0.3, -0.25) is 0 Å². The molecule has 1 saturated heterocycles. The first-order valence-corrected chi connectivity index (χ1v) is 6.74. The highest BCUT2D eigenvalue weighted by Crippen LogP contribution is 2.27. The summed E-state index contributed by atoms with van der Waals surface area (Å²) in [6.45, 7) is 3.33. The Bertz CT molecular complexity index is 522. The average molecular weight is 237 g/mol. The van der Waals surface area contributed by atoms with Crippen molar-refractivity contribution in [1.82, 2.24) is 5.32 Å². The Morgan fingerprint density at radius 1 is 1.00 bits per heavy atom. The van der Waals surface area contributed by atoms with Crippen LogP contribution in [0.4, 0.5) is 0 Å². The minimum atomic E-state index is 0.566. The van der Waals surface area contributed by atoms with Crippen LogP contribution in [0.15, 0.2) is 48.5 Å². The Balaban J connectivity index is 1.89. The third-order valence-electron chi connectivity index (χ3n) is 3.83. The minimum absolute atomic E-state index is 0.566. The molecule has 18 heavy (non-hydrogen) atoms. The molecule has 2 aromatic rings. The fraction of sp³-hybridized carbons (Fsp3) is 0.294. The van der Waals surface area contributed by atoms with Crippen LogP contribution in [0.3, 0.4) is 0 Å². The Morgan fingerprint density at radius 2 is 1.78 bits per heavy atom. The molecular formula is C17H19N. The summed E-state index contributed by atoms with van der Waals surface area (Å²) >= 11 is 0. The van der Waals surface area contributed by atoms with Crippen molar-refractivity contribution in [1.29, 1.82) is 0 Å². The maximum Gasteiger partial charge on any atom is 0.0320 e. The van der Waals surface area contributed by atoms with Gasteiger partial charge in [0, 0.05) is 6.04 Å². The van der Waals surface area contributed by atoms with Gasteiger partial charge in [-0.2, -0.15) is 0 Å². The van der Waals surface area contributed by atoms with Crippen molar-refractivity contribution in [2.75, 3.05) is 6.54 Å². The molecule has 1 fully saturated rings. The van der Waals surface area contributed by atoms with Gasteiger partial charge in [0.25, 0.3) is 0 Å². The molecule has 1 N–H and O–H groups in total. The fourth-order valence-electron chi connectivity index (χ4n) is 2.76. The summed E-state index contributed by atoms with van der Waals surface area (Å²) in [5.74, 6) is 0. The van der Waals surface area contributed by atoms with E-state index in [1.807, 2.05) is 0 Å². The van der Waals surface area contributed by atoms with Crippen LogP contribution in [-0.4, -0.2) is 6.54 Å². The van der Waals surface area contributed by atoms with Crippen molar-refractivity contribution >= 4 is 0 Å². The third-order valence-corrected chi connectivity index (χ3v) is 3.83. The molecule has 1 unspecified atom stereocenters. The van der Waals surface area contributed by atoms with Crippen LogP contribution in [0, 0.1) is 6.92 Å². The van der Waals surface area contributed by atoms with Crippen molar-refractivity contribution in [3.8, 4) is 11.1 Å². The van der Waals surface area contributed by atoms with E-state index in [4.69, 9.17) is 0 Å². The van der Waals surface area contributed by atoms with E-state index in [2.05, 4.69) is 60.8 Å². The van der Waals surface area contributed by atoms with E-state index in [1.54, 1.807) is 0 Å². The third kappa shape index (κ3) is 2.19. The van der Waals surface area contributed by atoms with Crippen LogP contribution >= 0.6 is 0 Å². The molecule has 3 rings (SSSR count). The van der Waals surface area contributed by atoms with Crippen molar-refractivity contribution in [3.05, 3.63) is 59.7 Å². The molecule has 1 heteroatoms. The second kappa shape index (κ2) is 4.95. The van der Waals surface area contributed by atoms with Gasteiger partial charge in [-0.1, -0.05) is 48.5 Å². The molecule has 1 nitrogen and oxygen atoms in total. The van der Waals surface area contributed by atoms with E-state index in [0.717, 1.165) is 6.54 Å². The summed E-state index contributed by atoms with van der Waals surface area (Å²) in [5.41, 5.74) is 5.41. The molecule has 0 spiro atoms. The summed E-state index contributed by atoms with van der Waals surface area (Å²) in [6.07, 6.45) is 2.56. The molecule has 2 aromatic carbocycles. The standard InChI is InChI=1S/C17H19N/c1-13-5-2-3-6-16(13)14-8-10-15(11-9-14)17-7-4-12-18-17/h2-3,5-6,8-11,17-18H,4,7,12H2,1H3. The highest BCUT2D eigenvalue weighted by Gasteiger charge is 2.15. The largest absolute Gasteiger partial charge is 0.310 e. The van der Waals surface area contributed by atoms with Gasteiger partial charge in [-0.15, -0.1) is 0 Å². The Hall–Kier alpha value is -1.60. The molecule has 0 amide bonds. The summed E-state index contributed by atoms with van der Waals surface area (Å²) < 4.78 is 0. The quantitative estimate of drug-likeness (QED) is 0.829. The van der Waals surface area contributed by atoms with Gasteiger partial charge in [-0.05, 0) is 48.6 Å². The van der Waals surface area contributed by atoms with Crippen molar-refractivity contribution in [3.63, 3.8) is 0 Å². The van der Waals surface area contributed by atoms with Crippen LogP contribution in [0.5, 0.6) is 0 Å². The SMILES string of the molecule is Cc1ccccc1-c1ccc(C2CCCN2)cc1. The molecule has 0 bridgehead atoms. The summed E-state index contributed by atoms with van der Waals surface area (Å²) in [5, 5.41) is 3.54. The van der Waals surface area contributed by atoms with Gasteiger partial charge in [-0.25, -0.2) is 0 Å². The molecule has 0 radical (unpaired) electrons. The zero-order valence-electron chi connectivity index (χ0n) is 10.8. The lowest BCUT2D eigenvalue weighted by atomic mass is 9.97. The molecule has 0 aliphatic carbocycles. The first-order valence-electron chi connectivity index (χ1n) is 6.74. The van der Waals surface area contributed by atoms with Gasteiger partial charge >= 0.3 is 0 Å². The van der Waals surface area contributed by atoms with E-state index in [-0.39, 0.29) is 0 Å². The maximum absolute atomic E-state index is 3.54. The highest BCUT2D eigenvalue weighted by atomic mass is 14.9. The topological polar surface area (TPSA) is 12.0 Å². The normalized spacial score (nSPS) is 19.1. The van der Waals surface area contributed by atoms with Crippen molar-refractivity contribution < 1.29 is 0 Å². The number of nitrogens with one attached hydrogen (secondary N) is 1. The molecule has 1 atom stereocenters. The van der Waals surface area contributed by atoms with E-state index < -0.39 is 0 Å². The second-order valence-corrected chi connectivity index (χ2v) is 5.09. The van der Waals surface area contributed by atoms with Crippen LogP contribution < -0.4 is 5.32 Å². The maximum atomic E-state index is 3.54. The molecule has 92 valence electrons. The lowest BCUT2D eigenvalue weighted by Gasteiger charge is -2.12. The Labute approximate surface area is 109 Å². The second-order valence-electron chi connectivity index (χ2n) is 5.09. The van der Waals surface area contributed by atoms with E-state index in [9.17, 15) is 0 Å². The lowest BCUT2D eigenvalue weighted by Crippen LogP contribution is -2.12. The minimum Gasteiger partial charge on any atom is -0.310 e. The zero-order valence-corrected chi connectivity index (χ0v) is 10.8. The van der Waals surface area contributed by atoms with E-state index in [0.29, 0.717) is 6.04 Å². The van der Waals surface area contributed by atoms with Crippen LogP contribution in [0.25, 0.3) is 11.1 Å². The van der Waals surface area contributed by atoms with Crippen LogP contribution in [0.2, 0.25) is 0 Å². The lowest BCUT2D eigenvalue weighted by molar-refractivity contribution is 0.648. The predicted octanol–water partition coefficient (Wildman–Crippen LogP) is 4.09. The molecule has 1 heterocycles. The number of aryl methyl sites for hydroxylation is 1. The van der Waals surface area contributed by atoms with Crippen molar-refractivity contribution in [2.24, 2.45) is 0 Å². The smallest absolute Gasteiger partial charge is 0.0320 e. The average Bonchev–Trinajstić information content (AvgIpc) is 2.94. The van der Waals surface area contributed by atoms with Crippen LogP contribution in [0.1, 0.15) is 30.0 Å². The van der Waals surface area contributed by atoms with Gasteiger partial charge in [0.2, 0.25) is 0 Å². The van der Waals surface area contributed by atoms with E-state index in [1.165, 1.54) is 35.1 Å². The summed E-state index contributed by atoms with van der Waals surface area (Å²) in [4.78, 5) is 0. The Morgan fingerprint density at radius 3 is 2.44 bits per heavy atom. The number of hydrogen-bond acceptors (Lipinski definition) is 1.